The number of nitrogens with two attached hydrogens (primary N) is 1. The molecule has 2 amide bonds. The molecule has 0 fully saturated rings. The van der Waals surface area contributed by atoms with Crippen molar-refractivity contribution >= 4 is 11.8 Å². The number of aliphatic hydroxyl groups is 2. The first kappa shape index (κ1) is 25.0. The Labute approximate surface area is 186 Å². The fourth-order valence-corrected chi connectivity index (χ4v) is 2.73. The maximum Gasteiger partial charge on any atom is 0.267 e. The van der Waals surface area contributed by atoms with Gasteiger partial charge in [-0.3, -0.25) is 14.8 Å². The van der Waals surface area contributed by atoms with Gasteiger partial charge in [0.05, 0.1) is 12.7 Å². The second-order valence-corrected chi connectivity index (χ2v) is 7.28. The average Bonchev–Trinajstić information content (AvgIpc) is 2.81. The van der Waals surface area contributed by atoms with Crippen LogP contribution in [0.5, 0.6) is 0 Å². The Morgan fingerprint density at radius 1 is 1.03 bits per heavy atom. The summed E-state index contributed by atoms with van der Waals surface area (Å²) in [5.41, 5.74) is 10.1. The van der Waals surface area contributed by atoms with Crippen molar-refractivity contribution in [3.8, 4) is 11.8 Å². The number of amides is 2. The molecule has 0 bridgehead atoms. The molecule has 0 saturated carbocycles. The van der Waals surface area contributed by atoms with Crippen molar-refractivity contribution in [2.45, 2.75) is 31.7 Å². The number of hydroxylamine groups is 1. The lowest BCUT2D eigenvalue weighted by Gasteiger charge is -2.20. The monoisotopic (exact) mass is 440 g/mol. The number of carbonyl (C=O) groups excluding carboxylic acids is 2. The molecule has 2 aromatic carbocycles. The minimum absolute atomic E-state index is 0.276. The van der Waals surface area contributed by atoms with E-state index >= 15 is 0 Å². The predicted octanol–water partition coefficient (Wildman–Crippen LogP) is -0.520. The summed E-state index contributed by atoms with van der Waals surface area (Å²) < 4.78 is 0. The van der Waals surface area contributed by atoms with Crippen molar-refractivity contribution in [2.75, 3.05) is 13.2 Å². The molecule has 0 aliphatic carbocycles. The van der Waals surface area contributed by atoms with Crippen LogP contribution in [0.15, 0.2) is 48.5 Å². The van der Waals surface area contributed by atoms with Crippen LogP contribution in [0.3, 0.4) is 0 Å². The van der Waals surface area contributed by atoms with Gasteiger partial charge in [0.1, 0.15) is 6.04 Å². The topological polar surface area (TPSA) is 157 Å². The zero-order valence-corrected chi connectivity index (χ0v) is 17.7. The minimum Gasteiger partial charge on any atom is -0.394 e. The summed E-state index contributed by atoms with van der Waals surface area (Å²) in [5, 5.41) is 32.4. The van der Waals surface area contributed by atoms with Crippen LogP contribution in [-0.4, -0.2) is 58.6 Å². The molecule has 8 N–H and O–H groups in total. The molecular formula is C23H28N4O5. The van der Waals surface area contributed by atoms with Gasteiger partial charge in [-0.05, 0) is 48.9 Å². The summed E-state index contributed by atoms with van der Waals surface area (Å²) in [6.07, 6.45) is -0.775. The van der Waals surface area contributed by atoms with Crippen molar-refractivity contribution in [1.82, 2.24) is 16.1 Å². The Morgan fingerprint density at radius 2 is 1.59 bits per heavy atom. The van der Waals surface area contributed by atoms with Crippen molar-refractivity contribution < 1.29 is 25.0 Å². The summed E-state index contributed by atoms with van der Waals surface area (Å²) in [7, 11) is 0. The van der Waals surface area contributed by atoms with Gasteiger partial charge in [-0.15, -0.1) is 0 Å². The third-order valence-corrected chi connectivity index (χ3v) is 4.58. The Bertz CT molecular complexity index is 949. The molecule has 0 heterocycles. The first-order chi connectivity index (χ1) is 15.3. The van der Waals surface area contributed by atoms with E-state index in [4.69, 9.17) is 16.0 Å². The molecule has 170 valence electrons. The molecule has 0 spiro atoms. The molecule has 0 aliphatic heterocycles. The van der Waals surface area contributed by atoms with Crippen molar-refractivity contribution in [3.63, 3.8) is 0 Å². The molecule has 2 rings (SSSR count). The van der Waals surface area contributed by atoms with E-state index in [0.29, 0.717) is 24.2 Å². The standard InChI is InChI=1S/C23H28N4O5/c1-15(24)21(23(31)27-32)26-22(30)19-10-8-17(9-11-19)3-2-16-4-6-18(7-5-16)12-25-13-20(29)14-28/h4-11,15,20-21,25,28-29,32H,12-14,24H2,1H3,(H,26,30)(H,27,31)/t15-,20?,21+/m1/s1. The van der Waals surface area contributed by atoms with Gasteiger partial charge in [0.25, 0.3) is 11.8 Å². The largest absolute Gasteiger partial charge is 0.394 e. The van der Waals surface area contributed by atoms with E-state index in [2.05, 4.69) is 22.5 Å². The van der Waals surface area contributed by atoms with Gasteiger partial charge in [0, 0.05) is 35.8 Å². The van der Waals surface area contributed by atoms with Gasteiger partial charge in [0.15, 0.2) is 0 Å². The number of aliphatic hydroxyl groups excluding tert-OH is 2. The number of carbonyl (C=O) groups is 2. The maximum atomic E-state index is 12.3. The quantitative estimate of drug-likeness (QED) is 0.157. The molecule has 3 atom stereocenters. The summed E-state index contributed by atoms with van der Waals surface area (Å²) >= 11 is 0. The van der Waals surface area contributed by atoms with Crippen LogP contribution in [0.2, 0.25) is 0 Å². The van der Waals surface area contributed by atoms with Crippen LogP contribution in [0.25, 0.3) is 0 Å². The van der Waals surface area contributed by atoms with Crippen LogP contribution in [-0.2, 0) is 11.3 Å². The van der Waals surface area contributed by atoms with Gasteiger partial charge in [-0.25, -0.2) is 5.48 Å². The molecule has 9 nitrogen and oxygen atoms in total. The van der Waals surface area contributed by atoms with E-state index in [9.17, 15) is 14.7 Å². The lowest BCUT2D eigenvalue weighted by Crippen LogP contribution is -2.54. The molecule has 0 radical (unpaired) electrons. The van der Waals surface area contributed by atoms with Gasteiger partial charge in [-0.2, -0.15) is 0 Å². The molecule has 0 aromatic heterocycles. The van der Waals surface area contributed by atoms with E-state index in [-0.39, 0.29) is 6.61 Å². The Kier molecular flexibility index (Phi) is 9.81. The SMILES string of the molecule is C[C@@H](N)[C@H](NC(=O)c1ccc(C#Cc2ccc(CNCC(O)CO)cc2)cc1)C(=O)NO. The maximum absolute atomic E-state index is 12.3. The molecule has 9 heteroatoms. The molecule has 32 heavy (non-hydrogen) atoms. The Balaban J connectivity index is 1.95. The van der Waals surface area contributed by atoms with E-state index in [0.717, 1.165) is 11.1 Å². The highest BCUT2D eigenvalue weighted by Crippen LogP contribution is 2.07. The van der Waals surface area contributed by atoms with Crippen LogP contribution in [0.4, 0.5) is 0 Å². The first-order valence-corrected chi connectivity index (χ1v) is 10.0. The summed E-state index contributed by atoms with van der Waals surface area (Å²) in [6, 6.07) is 12.4. The average molecular weight is 441 g/mol. The summed E-state index contributed by atoms with van der Waals surface area (Å²) in [6.45, 7) is 2.15. The number of rotatable bonds is 9. The van der Waals surface area contributed by atoms with E-state index in [1.165, 1.54) is 5.48 Å². The minimum atomic E-state index is -1.06. The molecule has 0 saturated heterocycles. The number of hydrogen-bond acceptors (Lipinski definition) is 7. The summed E-state index contributed by atoms with van der Waals surface area (Å²) in [5.74, 6) is 4.79. The van der Waals surface area contributed by atoms with E-state index in [1.54, 1.807) is 31.2 Å². The van der Waals surface area contributed by atoms with Crippen LogP contribution < -0.4 is 21.8 Å². The Morgan fingerprint density at radius 3 is 2.09 bits per heavy atom. The van der Waals surface area contributed by atoms with Crippen molar-refractivity contribution in [3.05, 3.63) is 70.8 Å². The first-order valence-electron chi connectivity index (χ1n) is 10.0. The van der Waals surface area contributed by atoms with Gasteiger partial charge in [0.2, 0.25) is 0 Å². The van der Waals surface area contributed by atoms with Gasteiger partial charge < -0.3 is 26.6 Å². The lowest BCUT2D eigenvalue weighted by molar-refractivity contribution is -0.131. The number of nitrogens with one attached hydrogen (secondary N) is 3. The normalized spacial score (nSPS) is 13.3. The Hall–Kier alpha value is -3.26. The van der Waals surface area contributed by atoms with Crippen LogP contribution in [0, 0.1) is 11.8 Å². The second-order valence-electron chi connectivity index (χ2n) is 7.28. The van der Waals surface area contributed by atoms with Gasteiger partial charge >= 0.3 is 0 Å². The number of benzene rings is 2. The third kappa shape index (κ3) is 7.77. The molecular weight excluding hydrogens is 412 g/mol. The van der Waals surface area contributed by atoms with Crippen molar-refractivity contribution in [1.29, 1.82) is 0 Å². The smallest absolute Gasteiger partial charge is 0.267 e. The van der Waals surface area contributed by atoms with Crippen LogP contribution in [0.1, 0.15) is 34.0 Å². The highest BCUT2D eigenvalue weighted by atomic mass is 16.5. The van der Waals surface area contributed by atoms with Gasteiger partial charge in [-0.1, -0.05) is 24.0 Å². The second kappa shape index (κ2) is 12.6. The van der Waals surface area contributed by atoms with E-state index in [1.807, 2.05) is 24.3 Å². The zero-order chi connectivity index (χ0) is 23.5. The predicted molar refractivity (Wildman–Crippen MR) is 118 cm³/mol. The van der Waals surface area contributed by atoms with Crippen molar-refractivity contribution in [2.24, 2.45) is 5.73 Å². The fourth-order valence-electron chi connectivity index (χ4n) is 2.73. The lowest BCUT2D eigenvalue weighted by atomic mass is 10.1. The number of hydrogen-bond donors (Lipinski definition) is 7. The molecule has 0 aliphatic rings. The zero-order valence-electron chi connectivity index (χ0n) is 17.7. The summed E-state index contributed by atoms with van der Waals surface area (Å²) in [4.78, 5) is 23.9. The highest BCUT2D eigenvalue weighted by Gasteiger charge is 2.24. The third-order valence-electron chi connectivity index (χ3n) is 4.58. The highest BCUT2D eigenvalue weighted by molar-refractivity contribution is 5.97. The fraction of sp³-hybridized carbons (Fsp3) is 0.304. The van der Waals surface area contributed by atoms with E-state index < -0.39 is 30.0 Å². The molecule has 2 aromatic rings. The molecule has 1 unspecified atom stereocenters. The van der Waals surface area contributed by atoms with Crippen LogP contribution >= 0.6 is 0 Å².